The number of fused-ring (bicyclic) bond motifs is 1. The van der Waals surface area contributed by atoms with Gasteiger partial charge < -0.3 is 10.1 Å². The Morgan fingerprint density at radius 2 is 1.68 bits per heavy atom. The minimum absolute atomic E-state index is 0.0309. The van der Waals surface area contributed by atoms with E-state index in [1.54, 1.807) is 0 Å². The molecule has 0 spiro atoms. The van der Waals surface area contributed by atoms with Crippen molar-refractivity contribution in [1.29, 1.82) is 0 Å². The minimum atomic E-state index is -0.0309. The number of nitrogens with one attached hydrogen (secondary N) is 1. The molecule has 1 amide bonds. The zero-order chi connectivity index (χ0) is 19.2. The zero-order valence-electron chi connectivity index (χ0n) is 16.3. The molecule has 2 aromatic carbocycles. The Bertz CT molecular complexity index is 772. The fourth-order valence-corrected chi connectivity index (χ4v) is 4.06. The molecule has 5 heteroatoms. The second-order valence-electron chi connectivity index (χ2n) is 7.65. The van der Waals surface area contributed by atoms with E-state index >= 15 is 0 Å². The van der Waals surface area contributed by atoms with Gasteiger partial charge in [-0.2, -0.15) is 0 Å². The van der Waals surface area contributed by atoms with Gasteiger partial charge in [-0.25, -0.2) is 0 Å². The maximum absolute atomic E-state index is 12.4. The van der Waals surface area contributed by atoms with Crippen molar-refractivity contribution in [2.24, 2.45) is 0 Å². The Hall–Kier alpha value is -2.21. The van der Waals surface area contributed by atoms with Gasteiger partial charge in [0.15, 0.2) is 0 Å². The van der Waals surface area contributed by atoms with Crippen molar-refractivity contribution in [2.75, 3.05) is 45.9 Å². The molecule has 1 saturated heterocycles. The topological polar surface area (TPSA) is 44.8 Å². The number of amides is 1. The van der Waals surface area contributed by atoms with Crippen molar-refractivity contribution < 1.29 is 9.53 Å². The largest absolute Gasteiger partial charge is 0.371 e. The lowest BCUT2D eigenvalue weighted by molar-refractivity contribution is -0.123. The van der Waals surface area contributed by atoms with Gasteiger partial charge in [0.05, 0.1) is 13.2 Å². The van der Waals surface area contributed by atoms with Crippen LogP contribution in [-0.2, 0) is 22.5 Å². The Labute approximate surface area is 167 Å². The Kier molecular flexibility index (Phi) is 6.37. The Morgan fingerprint density at radius 1 is 0.964 bits per heavy atom. The second-order valence-corrected chi connectivity index (χ2v) is 7.65. The van der Waals surface area contributed by atoms with E-state index in [0.717, 1.165) is 45.8 Å². The maximum atomic E-state index is 12.4. The molecule has 5 nitrogen and oxygen atoms in total. The average molecular weight is 380 g/mol. The second kappa shape index (κ2) is 9.32. The summed E-state index contributed by atoms with van der Waals surface area (Å²) in [5, 5.41) is 3.07. The quantitative estimate of drug-likeness (QED) is 0.836. The van der Waals surface area contributed by atoms with E-state index in [2.05, 4.69) is 63.6 Å². The van der Waals surface area contributed by atoms with Crippen LogP contribution in [0.4, 0.5) is 0 Å². The highest BCUT2D eigenvalue weighted by Crippen LogP contribution is 2.26. The molecule has 1 fully saturated rings. The molecule has 0 saturated carbocycles. The van der Waals surface area contributed by atoms with Crippen molar-refractivity contribution in [3.05, 3.63) is 71.3 Å². The first-order valence-electron chi connectivity index (χ1n) is 10.2. The molecule has 0 bridgehead atoms. The van der Waals surface area contributed by atoms with Gasteiger partial charge in [0.25, 0.3) is 0 Å². The van der Waals surface area contributed by atoms with E-state index in [9.17, 15) is 4.79 Å². The van der Waals surface area contributed by atoms with Crippen LogP contribution in [0.25, 0.3) is 0 Å². The molecule has 0 aromatic heterocycles. The molecule has 4 rings (SSSR count). The van der Waals surface area contributed by atoms with Crippen LogP contribution in [-0.4, -0.2) is 61.6 Å². The van der Waals surface area contributed by atoms with Crippen LogP contribution in [0.15, 0.2) is 54.6 Å². The zero-order valence-corrected chi connectivity index (χ0v) is 16.3. The van der Waals surface area contributed by atoms with Crippen molar-refractivity contribution in [1.82, 2.24) is 15.1 Å². The van der Waals surface area contributed by atoms with Crippen LogP contribution in [0.2, 0.25) is 0 Å². The molecule has 0 unspecified atom stereocenters. The molecular formula is C23H29N3O2. The van der Waals surface area contributed by atoms with E-state index in [-0.39, 0.29) is 12.0 Å². The van der Waals surface area contributed by atoms with Gasteiger partial charge in [-0.3, -0.25) is 14.6 Å². The normalized spacial score (nSPS) is 20.5. The highest BCUT2D eigenvalue weighted by molar-refractivity contribution is 5.78. The van der Waals surface area contributed by atoms with Crippen molar-refractivity contribution >= 4 is 5.91 Å². The summed E-state index contributed by atoms with van der Waals surface area (Å²) < 4.78 is 5.88. The van der Waals surface area contributed by atoms with Gasteiger partial charge in [-0.05, 0) is 23.1 Å². The summed E-state index contributed by atoms with van der Waals surface area (Å²) in [6.07, 6.45) is 0.921. The van der Waals surface area contributed by atoms with Crippen LogP contribution in [0.3, 0.4) is 0 Å². The fraction of sp³-hybridized carbons (Fsp3) is 0.435. The molecule has 28 heavy (non-hydrogen) atoms. The molecular weight excluding hydrogens is 350 g/mol. The fourth-order valence-electron chi connectivity index (χ4n) is 4.06. The number of ether oxygens (including phenoxy) is 1. The van der Waals surface area contributed by atoms with E-state index < -0.39 is 0 Å². The SMILES string of the molecule is O=C(CN1CCN(Cc2ccccc2)CC1)NC[C@@H]1OCCc2ccccc21. The van der Waals surface area contributed by atoms with Crippen LogP contribution in [0, 0.1) is 0 Å². The van der Waals surface area contributed by atoms with E-state index in [4.69, 9.17) is 4.74 Å². The highest BCUT2D eigenvalue weighted by Gasteiger charge is 2.22. The first kappa shape index (κ1) is 19.1. The summed E-state index contributed by atoms with van der Waals surface area (Å²) in [5.74, 6) is 0.0863. The molecule has 2 aromatic rings. The van der Waals surface area contributed by atoms with Gasteiger partial charge in [0, 0.05) is 39.3 Å². The van der Waals surface area contributed by atoms with E-state index in [1.165, 1.54) is 16.7 Å². The molecule has 2 aliphatic rings. The van der Waals surface area contributed by atoms with E-state index in [0.29, 0.717) is 13.1 Å². The van der Waals surface area contributed by atoms with Crippen LogP contribution in [0.5, 0.6) is 0 Å². The predicted molar refractivity (Wildman–Crippen MR) is 110 cm³/mol. The number of carbonyl (C=O) groups is 1. The lowest BCUT2D eigenvalue weighted by atomic mass is 9.97. The van der Waals surface area contributed by atoms with Crippen molar-refractivity contribution in [2.45, 2.75) is 19.1 Å². The number of benzene rings is 2. The molecule has 1 N–H and O–H groups in total. The molecule has 148 valence electrons. The van der Waals surface area contributed by atoms with Gasteiger partial charge in [0.1, 0.15) is 6.10 Å². The molecule has 2 heterocycles. The number of hydrogen-bond donors (Lipinski definition) is 1. The first-order valence-corrected chi connectivity index (χ1v) is 10.2. The summed E-state index contributed by atoms with van der Waals surface area (Å²) in [4.78, 5) is 17.1. The summed E-state index contributed by atoms with van der Waals surface area (Å²) in [6, 6.07) is 18.9. The third-order valence-electron chi connectivity index (χ3n) is 5.66. The Morgan fingerprint density at radius 3 is 2.50 bits per heavy atom. The molecule has 0 aliphatic carbocycles. The number of hydrogen-bond acceptors (Lipinski definition) is 4. The molecule has 1 atom stereocenters. The van der Waals surface area contributed by atoms with Crippen LogP contribution in [0.1, 0.15) is 22.8 Å². The first-order chi connectivity index (χ1) is 13.8. The van der Waals surface area contributed by atoms with Gasteiger partial charge in [-0.15, -0.1) is 0 Å². The van der Waals surface area contributed by atoms with Gasteiger partial charge in [0.2, 0.25) is 5.91 Å². The lowest BCUT2D eigenvalue weighted by Crippen LogP contribution is -2.49. The summed E-state index contributed by atoms with van der Waals surface area (Å²) in [5.41, 5.74) is 3.90. The number of rotatable bonds is 6. The van der Waals surface area contributed by atoms with Crippen LogP contribution < -0.4 is 5.32 Å². The number of nitrogens with zero attached hydrogens (tertiary/aromatic N) is 2. The molecule has 0 radical (unpaired) electrons. The molecule has 2 aliphatic heterocycles. The van der Waals surface area contributed by atoms with Crippen molar-refractivity contribution in [3.8, 4) is 0 Å². The average Bonchev–Trinajstić information content (AvgIpc) is 2.74. The summed E-state index contributed by atoms with van der Waals surface area (Å²) in [7, 11) is 0. The minimum Gasteiger partial charge on any atom is -0.371 e. The van der Waals surface area contributed by atoms with Crippen molar-refractivity contribution in [3.63, 3.8) is 0 Å². The monoisotopic (exact) mass is 379 g/mol. The lowest BCUT2D eigenvalue weighted by Gasteiger charge is -2.34. The summed E-state index contributed by atoms with van der Waals surface area (Å²) in [6.45, 7) is 6.59. The van der Waals surface area contributed by atoms with Gasteiger partial charge in [-0.1, -0.05) is 54.6 Å². The third-order valence-corrected chi connectivity index (χ3v) is 5.66. The number of carbonyl (C=O) groups excluding carboxylic acids is 1. The maximum Gasteiger partial charge on any atom is 0.234 e. The smallest absolute Gasteiger partial charge is 0.234 e. The standard InChI is InChI=1S/C23H29N3O2/c27-23(24-16-22-21-9-5-4-8-20(21)10-15-28-22)18-26-13-11-25(12-14-26)17-19-6-2-1-3-7-19/h1-9,22H,10-18H2,(H,24,27)/t22-/m0/s1. The highest BCUT2D eigenvalue weighted by atomic mass is 16.5. The van der Waals surface area contributed by atoms with E-state index in [1.807, 2.05) is 6.07 Å². The van der Waals surface area contributed by atoms with Crippen LogP contribution >= 0.6 is 0 Å². The number of piperazine rings is 1. The third kappa shape index (κ3) is 4.98. The predicted octanol–water partition coefficient (Wildman–Crippen LogP) is 2.23. The Balaban J connectivity index is 1.19. The van der Waals surface area contributed by atoms with Gasteiger partial charge >= 0.3 is 0 Å². The summed E-state index contributed by atoms with van der Waals surface area (Å²) >= 11 is 0.